The molecule has 2 heterocycles. The van der Waals surface area contributed by atoms with E-state index in [2.05, 4.69) is 56.5 Å². The largest absolute Gasteiger partial charge is 0.369 e. The number of hydrogen-bond acceptors (Lipinski definition) is 5. The van der Waals surface area contributed by atoms with Crippen LogP contribution in [0.25, 0.3) is 0 Å². The maximum absolute atomic E-state index is 12.0. The number of aromatic nitrogens is 3. The van der Waals surface area contributed by atoms with Crippen LogP contribution in [0, 0.1) is 6.92 Å². The predicted octanol–water partition coefficient (Wildman–Crippen LogP) is 1.31. The minimum Gasteiger partial charge on any atom is -0.369 e. The van der Waals surface area contributed by atoms with E-state index in [0.29, 0.717) is 13.0 Å². The molecule has 0 radical (unpaired) electrons. The van der Waals surface area contributed by atoms with E-state index in [1.807, 2.05) is 4.57 Å². The number of carbonyl (C=O) groups is 1. The van der Waals surface area contributed by atoms with Crippen molar-refractivity contribution in [1.29, 1.82) is 0 Å². The number of rotatable bonds is 8. The Morgan fingerprint density at radius 1 is 1.12 bits per heavy atom. The van der Waals surface area contributed by atoms with Crippen LogP contribution < -0.4 is 10.2 Å². The van der Waals surface area contributed by atoms with Crippen LogP contribution in [0.1, 0.15) is 18.4 Å². The summed E-state index contributed by atoms with van der Waals surface area (Å²) in [4.78, 5) is 16.8. The second-order valence-corrected chi connectivity index (χ2v) is 6.82. The van der Waals surface area contributed by atoms with Gasteiger partial charge in [-0.1, -0.05) is 12.1 Å². The lowest BCUT2D eigenvalue weighted by Crippen LogP contribution is -2.47. The van der Waals surface area contributed by atoms with Crippen LogP contribution in [0.2, 0.25) is 0 Å². The standard InChI is InChI=1S/C19H28N6O/c1-17-4-2-5-18(14-17)25-12-10-23(11-13-25)9-6-19(26)20-7-3-8-24-15-21-22-16-24/h2,4-5,14-16H,3,6-13H2,1H3,(H,20,26). The zero-order valence-electron chi connectivity index (χ0n) is 15.5. The summed E-state index contributed by atoms with van der Waals surface area (Å²) in [6.45, 7) is 8.54. The zero-order valence-corrected chi connectivity index (χ0v) is 15.5. The molecule has 0 saturated carbocycles. The van der Waals surface area contributed by atoms with E-state index in [4.69, 9.17) is 0 Å². The van der Waals surface area contributed by atoms with Gasteiger partial charge in [0, 0.05) is 57.9 Å². The molecule has 1 N–H and O–H groups in total. The topological polar surface area (TPSA) is 66.3 Å². The molecule has 1 amide bonds. The number of piperazine rings is 1. The van der Waals surface area contributed by atoms with Gasteiger partial charge in [0.15, 0.2) is 0 Å². The van der Waals surface area contributed by atoms with Gasteiger partial charge in [-0.25, -0.2) is 0 Å². The Labute approximate surface area is 155 Å². The van der Waals surface area contributed by atoms with Crippen molar-refractivity contribution in [2.24, 2.45) is 0 Å². The quantitative estimate of drug-likeness (QED) is 0.723. The molecule has 1 aliphatic heterocycles. The number of anilines is 1. The molecule has 7 heteroatoms. The van der Waals surface area contributed by atoms with Crippen molar-refractivity contribution in [1.82, 2.24) is 25.0 Å². The molecule has 3 rings (SSSR count). The van der Waals surface area contributed by atoms with E-state index in [9.17, 15) is 4.79 Å². The van der Waals surface area contributed by atoms with E-state index in [0.717, 1.165) is 45.7 Å². The van der Waals surface area contributed by atoms with Crippen LogP contribution in [0.4, 0.5) is 5.69 Å². The van der Waals surface area contributed by atoms with Gasteiger partial charge in [0.1, 0.15) is 12.7 Å². The first-order valence-corrected chi connectivity index (χ1v) is 9.34. The number of amides is 1. The van der Waals surface area contributed by atoms with Crippen molar-refractivity contribution in [3.8, 4) is 0 Å². The molecular formula is C19H28N6O. The van der Waals surface area contributed by atoms with Gasteiger partial charge in [-0.3, -0.25) is 9.69 Å². The zero-order chi connectivity index (χ0) is 18.2. The molecule has 0 unspecified atom stereocenters. The van der Waals surface area contributed by atoms with Crippen LogP contribution in [-0.4, -0.2) is 64.8 Å². The fraction of sp³-hybridized carbons (Fsp3) is 0.526. The highest BCUT2D eigenvalue weighted by molar-refractivity contribution is 5.76. The maximum Gasteiger partial charge on any atom is 0.221 e. The van der Waals surface area contributed by atoms with Crippen molar-refractivity contribution in [3.63, 3.8) is 0 Å². The highest BCUT2D eigenvalue weighted by atomic mass is 16.1. The molecule has 7 nitrogen and oxygen atoms in total. The minimum absolute atomic E-state index is 0.134. The van der Waals surface area contributed by atoms with E-state index < -0.39 is 0 Å². The van der Waals surface area contributed by atoms with Crippen LogP contribution in [0.3, 0.4) is 0 Å². The van der Waals surface area contributed by atoms with Gasteiger partial charge in [0.05, 0.1) is 0 Å². The van der Waals surface area contributed by atoms with Crippen molar-refractivity contribution in [2.45, 2.75) is 26.3 Å². The van der Waals surface area contributed by atoms with Crippen LogP contribution in [-0.2, 0) is 11.3 Å². The molecule has 0 atom stereocenters. The number of carbonyl (C=O) groups excluding carboxylic acids is 1. The summed E-state index contributed by atoms with van der Waals surface area (Å²) in [5.41, 5.74) is 2.60. The highest BCUT2D eigenvalue weighted by Crippen LogP contribution is 2.17. The monoisotopic (exact) mass is 356 g/mol. The normalized spacial score (nSPS) is 15.2. The third-order valence-electron chi connectivity index (χ3n) is 4.78. The van der Waals surface area contributed by atoms with Gasteiger partial charge < -0.3 is 14.8 Å². The summed E-state index contributed by atoms with van der Waals surface area (Å²) in [6.07, 6.45) is 4.84. The lowest BCUT2D eigenvalue weighted by Gasteiger charge is -2.36. The number of nitrogens with one attached hydrogen (secondary N) is 1. The predicted molar refractivity (Wildman–Crippen MR) is 102 cm³/mol. The molecule has 26 heavy (non-hydrogen) atoms. The first-order chi connectivity index (χ1) is 12.7. The molecule has 1 aromatic heterocycles. The van der Waals surface area contributed by atoms with Gasteiger partial charge >= 0.3 is 0 Å². The summed E-state index contributed by atoms with van der Waals surface area (Å²) in [6, 6.07) is 8.66. The average molecular weight is 356 g/mol. The Balaban J connectivity index is 1.29. The van der Waals surface area contributed by atoms with Crippen molar-refractivity contribution >= 4 is 11.6 Å². The summed E-state index contributed by atoms with van der Waals surface area (Å²) in [5, 5.41) is 10.5. The molecule has 2 aromatic rings. The summed E-state index contributed by atoms with van der Waals surface area (Å²) < 4.78 is 1.92. The third kappa shape index (κ3) is 5.56. The molecule has 0 spiro atoms. The smallest absolute Gasteiger partial charge is 0.221 e. The minimum atomic E-state index is 0.134. The fourth-order valence-electron chi connectivity index (χ4n) is 3.23. The second kappa shape index (κ2) is 9.33. The number of nitrogens with zero attached hydrogens (tertiary/aromatic N) is 5. The van der Waals surface area contributed by atoms with Gasteiger partial charge in [0.25, 0.3) is 0 Å². The fourth-order valence-corrected chi connectivity index (χ4v) is 3.23. The van der Waals surface area contributed by atoms with E-state index in [1.54, 1.807) is 12.7 Å². The SMILES string of the molecule is Cc1cccc(N2CCN(CCC(=O)NCCCn3cnnc3)CC2)c1. The highest BCUT2D eigenvalue weighted by Gasteiger charge is 2.17. The first-order valence-electron chi connectivity index (χ1n) is 9.34. The van der Waals surface area contributed by atoms with Crippen molar-refractivity contribution < 1.29 is 4.79 Å². The lowest BCUT2D eigenvalue weighted by atomic mass is 10.2. The molecule has 1 aliphatic rings. The first kappa shape index (κ1) is 18.4. The van der Waals surface area contributed by atoms with E-state index >= 15 is 0 Å². The molecule has 1 fully saturated rings. The molecule has 1 aromatic carbocycles. The number of benzene rings is 1. The number of hydrogen-bond donors (Lipinski definition) is 1. The van der Waals surface area contributed by atoms with Crippen LogP contribution in [0.5, 0.6) is 0 Å². The Morgan fingerprint density at radius 2 is 1.88 bits per heavy atom. The van der Waals surface area contributed by atoms with E-state index in [-0.39, 0.29) is 5.91 Å². The Kier molecular flexibility index (Phi) is 6.60. The summed E-state index contributed by atoms with van der Waals surface area (Å²) in [7, 11) is 0. The van der Waals surface area contributed by atoms with Gasteiger partial charge in [-0.15, -0.1) is 10.2 Å². The number of aryl methyl sites for hydroxylation is 2. The van der Waals surface area contributed by atoms with Gasteiger partial charge in [0.2, 0.25) is 5.91 Å². The van der Waals surface area contributed by atoms with Gasteiger partial charge in [-0.05, 0) is 31.0 Å². The molecule has 1 saturated heterocycles. The summed E-state index contributed by atoms with van der Waals surface area (Å²) in [5.74, 6) is 0.134. The molecular weight excluding hydrogens is 328 g/mol. The van der Waals surface area contributed by atoms with Crippen LogP contribution in [0.15, 0.2) is 36.9 Å². The average Bonchev–Trinajstić information content (AvgIpc) is 3.17. The van der Waals surface area contributed by atoms with Gasteiger partial charge in [-0.2, -0.15) is 0 Å². The Morgan fingerprint density at radius 3 is 2.62 bits per heavy atom. The lowest BCUT2D eigenvalue weighted by molar-refractivity contribution is -0.121. The summed E-state index contributed by atoms with van der Waals surface area (Å²) >= 11 is 0. The van der Waals surface area contributed by atoms with Crippen LogP contribution >= 0.6 is 0 Å². The maximum atomic E-state index is 12.0. The molecule has 0 bridgehead atoms. The van der Waals surface area contributed by atoms with Crippen molar-refractivity contribution in [3.05, 3.63) is 42.5 Å². The molecule has 0 aliphatic carbocycles. The Bertz CT molecular complexity index is 679. The third-order valence-corrected chi connectivity index (χ3v) is 4.78. The second-order valence-electron chi connectivity index (χ2n) is 6.82. The van der Waals surface area contributed by atoms with E-state index in [1.165, 1.54) is 11.3 Å². The Hall–Kier alpha value is -2.41. The van der Waals surface area contributed by atoms with Crippen molar-refractivity contribution in [2.75, 3.05) is 44.2 Å². The molecule has 140 valence electrons.